The lowest BCUT2D eigenvalue weighted by molar-refractivity contribution is -0.137. The third-order valence-corrected chi connectivity index (χ3v) is 5.54. The van der Waals surface area contributed by atoms with Crippen LogP contribution < -0.4 is 16.6 Å². The average molecular weight is 494 g/mol. The molecule has 0 bridgehead atoms. The van der Waals surface area contributed by atoms with Gasteiger partial charge in [-0.25, -0.2) is 4.79 Å². The summed E-state index contributed by atoms with van der Waals surface area (Å²) in [6, 6.07) is 20.9. The minimum Gasteiger partial charge on any atom is -0.344 e. The van der Waals surface area contributed by atoms with Gasteiger partial charge in [-0.3, -0.25) is 14.2 Å². The molecule has 0 aliphatic heterocycles. The van der Waals surface area contributed by atoms with Crippen LogP contribution in [0.25, 0.3) is 5.69 Å². The SMILES string of the molecule is C[C@H](NC(=O)c1nn(-c2ccc(C(F)(F)F)cc2)c(=O)n(Cc2ccccc2)c1=O)c1ccccc1. The van der Waals surface area contributed by atoms with Gasteiger partial charge in [-0.1, -0.05) is 60.7 Å². The molecule has 1 N–H and O–H groups in total. The molecule has 0 radical (unpaired) electrons. The number of amides is 1. The molecular formula is C26H21F3N4O3. The molecule has 0 aliphatic carbocycles. The third-order valence-electron chi connectivity index (χ3n) is 5.54. The van der Waals surface area contributed by atoms with Crippen molar-refractivity contribution in [2.45, 2.75) is 25.7 Å². The van der Waals surface area contributed by atoms with E-state index in [1.165, 1.54) is 0 Å². The van der Waals surface area contributed by atoms with Gasteiger partial charge in [0.1, 0.15) is 0 Å². The molecular weight excluding hydrogens is 473 g/mol. The maximum Gasteiger partial charge on any atom is 0.416 e. The van der Waals surface area contributed by atoms with E-state index in [1.54, 1.807) is 61.5 Å². The molecule has 0 saturated heterocycles. The highest BCUT2D eigenvalue weighted by Crippen LogP contribution is 2.29. The number of nitrogens with zero attached hydrogens (tertiary/aromatic N) is 3. The van der Waals surface area contributed by atoms with E-state index >= 15 is 0 Å². The van der Waals surface area contributed by atoms with E-state index in [4.69, 9.17) is 0 Å². The maximum atomic E-state index is 13.2. The van der Waals surface area contributed by atoms with Crippen molar-refractivity contribution >= 4 is 5.91 Å². The topological polar surface area (TPSA) is 86.0 Å². The summed E-state index contributed by atoms with van der Waals surface area (Å²) in [5, 5.41) is 6.65. The van der Waals surface area contributed by atoms with Crippen LogP contribution in [0.3, 0.4) is 0 Å². The van der Waals surface area contributed by atoms with Crippen molar-refractivity contribution < 1.29 is 18.0 Å². The van der Waals surface area contributed by atoms with Crippen LogP contribution in [0.2, 0.25) is 0 Å². The fraction of sp³-hybridized carbons (Fsp3) is 0.154. The molecule has 4 rings (SSSR count). The van der Waals surface area contributed by atoms with Crippen LogP contribution in [-0.2, 0) is 12.7 Å². The number of rotatable bonds is 6. The van der Waals surface area contributed by atoms with Crippen molar-refractivity contribution in [2.24, 2.45) is 0 Å². The van der Waals surface area contributed by atoms with Crippen molar-refractivity contribution in [1.82, 2.24) is 19.7 Å². The number of benzene rings is 3. The molecule has 1 aromatic heterocycles. The summed E-state index contributed by atoms with van der Waals surface area (Å²) >= 11 is 0. The van der Waals surface area contributed by atoms with E-state index in [-0.39, 0.29) is 12.2 Å². The second-order valence-corrected chi connectivity index (χ2v) is 8.07. The van der Waals surface area contributed by atoms with Crippen molar-refractivity contribution in [2.75, 3.05) is 0 Å². The van der Waals surface area contributed by atoms with Gasteiger partial charge in [0.25, 0.3) is 11.5 Å². The van der Waals surface area contributed by atoms with E-state index in [9.17, 15) is 27.6 Å². The Bertz CT molecular complexity index is 1480. The summed E-state index contributed by atoms with van der Waals surface area (Å²) in [4.78, 5) is 39.5. The molecule has 36 heavy (non-hydrogen) atoms. The van der Waals surface area contributed by atoms with Crippen molar-refractivity contribution in [3.05, 3.63) is 128 Å². The highest BCUT2D eigenvalue weighted by atomic mass is 19.4. The third kappa shape index (κ3) is 5.27. The lowest BCUT2D eigenvalue weighted by Gasteiger charge is -2.16. The summed E-state index contributed by atoms with van der Waals surface area (Å²) in [7, 11) is 0. The largest absolute Gasteiger partial charge is 0.416 e. The molecule has 0 fully saturated rings. The minimum absolute atomic E-state index is 0.0278. The van der Waals surface area contributed by atoms with Crippen molar-refractivity contribution in [3.8, 4) is 5.69 Å². The van der Waals surface area contributed by atoms with E-state index in [1.807, 2.05) is 6.07 Å². The second-order valence-electron chi connectivity index (χ2n) is 8.07. The fourth-order valence-electron chi connectivity index (χ4n) is 3.61. The normalized spacial score (nSPS) is 12.2. The highest BCUT2D eigenvalue weighted by Gasteiger charge is 2.30. The fourth-order valence-corrected chi connectivity index (χ4v) is 3.61. The first kappa shape index (κ1) is 24.6. The van der Waals surface area contributed by atoms with Crippen LogP contribution in [0, 0.1) is 0 Å². The summed E-state index contributed by atoms with van der Waals surface area (Å²) < 4.78 is 40.6. The predicted molar refractivity (Wildman–Crippen MR) is 127 cm³/mol. The molecule has 1 amide bonds. The van der Waals surface area contributed by atoms with Gasteiger partial charge in [0.05, 0.1) is 23.8 Å². The number of alkyl halides is 3. The Morgan fingerprint density at radius 1 is 0.917 bits per heavy atom. The number of carbonyl (C=O) groups excluding carboxylic acids is 1. The first-order chi connectivity index (χ1) is 17.1. The Labute approximate surface area is 203 Å². The van der Waals surface area contributed by atoms with Crippen LogP contribution in [0.4, 0.5) is 13.2 Å². The molecule has 184 valence electrons. The van der Waals surface area contributed by atoms with Gasteiger partial charge in [0.2, 0.25) is 5.69 Å². The van der Waals surface area contributed by atoms with Crippen LogP contribution in [-0.4, -0.2) is 20.3 Å². The lowest BCUT2D eigenvalue weighted by atomic mass is 10.1. The van der Waals surface area contributed by atoms with Crippen LogP contribution >= 0.6 is 0 Å². The molecule has 10 heteroatoms. The Balaban J connectivity index is 1.80. The number of nitrogens with one attached hydrogen (secondary N) is 1. The van der Waals surface area contributed by atoms with E-state index in [2.05, 4.69) is 10.4 Å². The number of hydrogen-bond acceptors (Lipinski definition) is 4. The van der Waals surface area contributed by atoms with Gasteiger partial charge in [-0.2, -0.15) is 23.0 Å². The van der Waals surface area contributed by atoms with Gasteiger partial charge in [-0.15, -0.1) is 0 Å². The lowest BCUT2D eigenvalue weighted by Crippen LogP contribution is -2.46. The quantitative estimate of drug-likeness (QED) is 0.440. The number of hydrogen-bond donors (Lipinski definition) is 1. The predicted octanol–water partition coefficient (Wildman–Crippen LogP) is 3.95. The zero-order valence-corrected chi connectivity index (χ0v) is 19.1. The molecule has 4 aromatic rings. The molecule has 0 aliphatic rings. The second kappa shape index (κ2) is 10.0. The standard InChI is InChI=1S/C26H21F3N4O3/c1-17(19-10-6-3-7-11-19)30-23(34)22-24(35)32(16-18-8-4-2-5-9-18)25(36)33(31-22)21-14-12-20(13-15-21)26(27,28)29/h2-15,17H,16H2,1H3,(H,30,34)/t17-/m0/s1. The molecule has 7 nitrogen and oxygen atoms in total. The van der Waals surface area contributed by atoms with Crippen molar-refractivity contribution in [3.63, 3.8) is 0 Å². The van der Waals surface area contributed by atoms with Crippen molar-refractivity contribution in [1.29, 1.82) is 0 Å². The van der Waals surface area contributed by atoms with Gasteiger partial charge in [0, 0.05) is 0 Å². The van der Waals surface area contributed by atoms with Crippen LogP contribution in [0.5, 0.6) is 0 Å². The first-order valence-corrected chi connectivity index (χ1v) is 11.0. The Morgan fingerprint density at radius 2 is 1.50 bits per heavy atom. The summed E-state index contributed by atoms with van der Waals surface area (Å²) in [5.74, 6) is -0.821. The zero-order valence-electron chi connectivity index (χ0n) is 19.1. The van der Waals surface area contributed by atoms with Crippen LogP contribution in [0.15, 0.2) is 94.5 Å². The molecule has 1 atom stereocenters. The van der Waals surface area contributed by atoms with Gasteiger partial charge < -0.3 is 5.32 Å². The van der Waals surface area contributed by atoms with E-state index in [0.717, 1.165) is 39.1 Å². The number of aromatic nitrogens is 3. The van der Waals surface area contributed by atoms with Gasteiger partial charge in [-0.05, 0) is 42.3 Å². The van der Waals surface area contributed by atoms with Gasteiger partial charge >= 0.3 is 11.9 Å². The monoisotopic (exact) mass is 494 g/mol. The van der Waals surface area contributed by atoms with E-state index in [0.29, 0.717) is 5.56 Å². The summed E-state index contributed by atoms with van der Waals surface area (Å²) in [6.45, 7) is 1.57. The molecule has 1 heterocycles. The first-order valence-electron chi connectivity index (χ1n) is 11.0. The summed E-state index contributed by atoms with van der Waals surface area (Å²) in [5.41, 5.74) is -1.90. The number of carbonyl (C=O) groups is 1. The minimum atomic E-state index is -4.57. The average Bonchev–Trinajstić information content (AvgIpc) is 2.87. The number of halogens is 3. The molecule has 3 aromatic carbocycles. The Kier molecular flexibility index (Phi) is 6.86. The Hall–Kier alpha value is -4.47. The zero-order chi connectivity index (χ0) is 25.9. The molecule has 0 saturated carbocycles. The maximum absolute atomic E-state index is 13.2. The van der Waals surface area contributed by atoms with Gasteiger partial charge in [0.15, 0.2) is 0 Å². The van der Waals surface area contributed by atoms with E-state index < -0.39 is 40.6 Å². The summed E-state index contributed by atoms with van der Waals surface area (Å²) in [6.07, 6.45) is -4.57. The Morgan fingerprint density at radius 3 is 2.08 bits per heavy atom. The molecule has 0 spiro atoms. The smallest absolute Gasteiger partial charge is 0.344 e. The highest BCUT2D eigenvalue weighted by molar-refractivity contribution is 5.92. The molecule has 0 unspecified atom stereocenters. The van der Waals surface area contributed by atoms with Crippen LogP contribution in [0.1, 0.15) is 40.1 Å².